The second-order valence-electron chi connectivity index (χ2n) is 3.51. The van der Waals surface area contributed by atoms with E-state index in [4.69, 9.17) is 4.74 Å². The molecule has 0 radical (unpaired) electrons. The van der Waals surface area contributed by atoms with Crippen LogP contribution >= 0.6 is 0 Å². The fraction of sp³-hybridized carbons (Fsp3) is 1.00. The summed E-state index contributed by atoms with van der Waals surface area (Å²) in [6, 6.07) is 0.219. The van der Waals surface area contributed by atoms with E-state index in [-0.39, 0.29) is 12.1 Å². The van der Waals surface area contributed by atoms with Crippen molar-refractivity contribution in [3.8, 4) is 0 Å². The minimum Gasteiger partial charge on any atom is -0.389 e. The summed E-state index contributed by atoms with van der Waals surface area (Å²) >= 11 is 0. The molecule has 1 fully saturated rings. The molecule has 0 bridgehead atoms. The van der Waals surface area contributed by atoms with E-state index in [0.717, 1.165) is 6.54 Å². The van der Waals surface area contributed by atoms with Gasteiger partial charge in [0.2, 0.25) is 0 Å². The van der Waals surface area contributed by atoms with Gasteiger partial charge in [0.15, 0.2) is 0 Å². The molecule has 2 unspecified atom stereocenters. The van der Waals surface area contributed by atoms with Crippen LogP contribution in [0.4, 0.5) is 0 Å². The third kappa shape index (κ3) is 2.44. The fourth-order valence-electron chi connectivity index (χ4n) is 1.53. The van der Waals surface area contributed by atoms with Gasteiger partial charge in [0, 0.05) is 0 Å². The maximum atomic E-state index is 9.49. The molecule has 12 heavy (non-hydrogen) atoms. The highest BCUT2D eigenvalue weighted by Crippen LogP contribution is 2.11. The van der Waals surface area contributed by atoms with E-state index in [1.165, 1.54) is 12.8 Å². The Hall–Kier alpha value is -0.120. The summed E-state index contributed by atoms with van der Waals surface area (Å²) in [4.78, 5) is 2.20. The molecule has 0 aromatic rings. The average molecular weight is 173 g/mol. The number of ether oxygens (including phenoxy) is 1. The maximum Gasteiger partial charge on any atom is 0.0950 e. The van der Waals surface area contributed by atoms with Crippen LogP contribution in [0.15, 0.2) is 0 Å². The topological polar surface area (TPSA) is 32.7 Å². The number of hydrogen-bond donors (Lipinski definition) is 1. The number of hydrogen-bond acceptors (Lipinski definition) is 3. The van der Waals surface area contributed by atoms with Crippen molar-refractivity contribution in [3.05, 3.63) is 0 Å². The molecule has 0 amide bonds. The number of aliphatic hydroxyl groups excluding tert-OH is 1. The zero-order chi connectivity index (χ0) is 8.97. The zero-order valence-corrected chi connectivity index (χ0v) is 7.99. The number of rotatable bonds is 4. The molecule has 3 heteroatoms. The van der Waals surface area contributed by atoms with Crippen LogP contribution < -0.4 is 0 Å². The van der Waals surface area contributed by atoms with Gasteiger partial charge < -0.3 is 9.84 Å². The van der Waals surface area contributed by atoms with Crippen LogP contribution in [0.25, 0.3) is 0 Å². The molecular formula is C9H19NO2. The normalized spacial score (nSPS) is 30.0. The second-order valence-corrected chi connectivity index (χ2v) is 3.51. The molecular weight excluding hydrogens is 154 g/mol. The Morgan fingerprint density at radius 2 is 2.25 bits per heavy atom. The number of aliphatic hydroxyl groups is 1. The summed E-state index contributed by atoms with van der Waals surface area (Å²) in [5.74, 6) is 0. The first kappa shape index (κ1) is 9.96. The van der Waals surface area contributed by atoms with Gasteiger partial charge in [-0.1, -0.05) is 13.3 Å². The van der Waals surface area contributed by atoms with Crippen molar-refractivity contribution in [3.63, 3.8) is 0 Å². The molecule has 1 aliphatic heterocycles. The lowest BCUT2D eigenvalue weighted by Gasteiger charge is -2.24. The quantitative estimate of drug-likeness (QED) is 0.671. The molecule has 0 spiro atoms. The highest BCUT2D eigenvalue weighted by molar-refractivity contribution is 4.81. The zero-order valence-electron chi connectivity index (χ0n) is 7.99. The minimum absolute atomic E-state index is 0.219. The fourth-order valence-corrected chi connectivity index (χ4v) is 1.53. The molecule has 0 aromatic heterocycles. The number of nitrogens with zero attached hydrogens (tertiary/aromatic N) is 1. The molecule has 0 saturated carbocycles. The van der Waals surface area contributed by atoms with Crippen molar-refractivity contribution in [2.75, 3.05) is 26.8 Å². The molecule has 72 valence electrons. The molecule has 1 heterocycles. The van der Waals surface area contributed by atoms with Gasteiger partial charge in [-0.15, -0.1) is 0 Å². The molecule has 2 atom stereocenters. The van der Waals surface area contributed by atoms with Crippen molar-refractivity contribution < 1.29 is 9.84 Å². The average Bonchev–Trinajstić information content (AvgIpc) is 2.47. The van der Waals surface area contributed by atoms with Crippen molar-refractivity contribution in [1.82, 2.24) is 4.90 Å². The number of unbranched alkanes of at least 4 members (excludes halogenated alkanes) is 1. The Balaban J connectivity index is 2.25. The lowest BCUT2D eigenvalue weighted by molar-refractivity contribution is 0.0950. The molecule has 0 aromatic carbocycles. The van der Waals surface area contributed by atoms with Crippen LogP contribution in [0.3, 0.4) is 0 Å². The van der Waals surface area contributed by atoms with Gasteiger partial charge in [0.05, 0.1) is 25.4 Å². The Bertz CT molecular complexity index is 130. The minimum atomic E-state index is -0.285. The van der Waals surface area contributed by atoms with Crippen molar-refractivity contribution in [2.45, 2.75) is 31.9 Å². The summed E-state index contributed by atoms with van der Waals surface area (Å²) in [5, 5.41) is 9.49. The van der Waals surface area contributed by atoms with Crippen molar-refractivity contribution >= 4 is 0 Å². The number of likely N-dealkylation sites (N-methyl/N-ethyl adjacent to an activating group) is 1. The summed E-state index contributed by atoms with van der Waals surface area (Å²) in [6.07, 6.45) is 2.11. The van der Waals surface area contributed by atoms with Gasteiger partial charge >= 0.3 is 0 Å². The Morgan fingerprint density at radius 1 is 1.50 bits per heavy atom. The van der Waals surface area contributed by atoms with E-state index >= 15 is 0 Å². The molecule has 1 saturated heterocycles. The van der Waals surface area contributed by atoms with Crippen molar-refractivity contribution in [2.24, 2.45) is 0 Å². The summed E-state index contributed by atoms with van der Waals surface area (Å²) in [6.45, 7) is 4.42. The third-order valence-corrected chi connectivity index (χ3v) is 2.45. The third-order valence-electron chi connectivity index (χ3n) is 2.45. The smallest absolute Gasteiger partial charge is 0.0950 e. The first-order chi connectivity index (χ1) is 5.75. The lowest BCUT2D eigenvalue weighted by Crippen LogP contribution is -2.40. The van der Waals surface area contributed by atoms with Crippen LogP contribution in [0, 0.1) is 0 Å². The summed E-state index contributed by atoms with van der Waals surface area (Å²) in [7, 11) is 2.05. The van der Waals surface area contributed by atoms with Crippen LogP contribution in [0.1, 0.15) is 19.8 Å². The van der Waals surface area contributed by atoms with E-state index < -0.39 is 0 Å². The predicted octanol–water partition coefficient (Wildman–Crippen LogP) is 0.478. The Labute approximate surface area is 74.3 Å². The van der Waals surface area contributed by atoms with Gasteiger partial charge in [-0.2, -0.15) is 0 Å². The first-order valence-electron chi connectivity index (χ1n) is 4.71. The monoisotopic (exact) mass is 173 g/mol. The molecule has 0 aliphatic carbocycles. The van der Waals surface area contributed by atoms with Crippen LogP contribution in [-0.4, -0.2) is 49.0 Å². The highest BCUT2D eigenvalue weighted by Gasteiger charge is 2.28. The first-order valence-corrected chi connectivity index (χ1v) is 4.71. The van der Waals surface area contributed by atoms with E-state index in [1.807, 2.05) is 0 Å². The highest BCUT2D eigenvalue weighted by atomic mass is 16.5. The SMILES string of the molecule is CCCCN(C)C1COCC1O. The van der Waals surface area contributed by atoms with Crippen LogP contribution in [0.2, 0.25) is 0 Å². The van der Waals surface area contributed by atoms with Gasteiger partial charge in [-0.3, -0.25) is 4.90 Å². The van der Waals surface area contributed by atoms with Gasteiger partial charge in [-0.05, 0) is 20.0 Å². The lowest BCUT2D eigenvalue weighted by atomic mass is 10.2. The second kappa shape index (κ2) is 4.80. The van der Waals surface area contributed by atoms with E-state index in [1.54, 1.807) is 0 Å². The van der Waals surface area contributed by atoms with Gasteiger partial charge in [0.1, 0.15) is 0 Å². The molecule has 3 nitrogen and oxygen atoms in total. The predicted molar refractivity (Wildman–Crippen MR) is 48.2 cm³/mol. The molecule has 1 aliphatic rings. The maximum absolute atomic E-state index is 9.49. The van der Waals surface area contributed by atoms with Gasteiger partial charge in [0.25, 0.3) is 0 Å². The summed E-state index contributed by atoms with van der Waals surface area (Å²) in [5.41, 5.74) is 0. The van der Waals surface area contributed by atoms with Crippen LogP contribution in [-0.2, 0) is 4.74 Å². The van der Waals surface area contributed by atoms with E-state index in [9.17, 15) is 5.11 Å². The van der Waals surface area contributed by atoms with Crippen molar-refractivity contribution in [1.29, 1.82) is 0 Å². The standard InChI is InChI=1S/C9H19NO2/c1-3-4-5-10(2)8-6-12-7-9(8)11/h8-9,11H,3-7H2,1-2H3. The van der Waals surface area contributed by atoms with E-state index in [0.29, 0.717) is 13.2 Å². The van der Waals surface area contributed by atoms with Gasteiger partial charge in [-0.25, -0.2) is 0 Å². The molecule has 1 N–H and O–H groups in total. The van der Waals surface area contributed by atoms with Crippen LogP contribution in [0.5, 0.6) is 0 Å². The molecule has 1 rings (SSSR count). The Morgan fingerprint density at radius 3 is 2.75 bits per heavy atom. The van der Waals surface area contributed by atoms with E-state index in [2.05, 4.69) is 18.9 Å². The summed E-state index contributed by atoms with van der Waals surface area (Å²) < 4.78 is 5.18. The largest absolute Gasteiger partial charge is 0.389 e. The Kier molecular flexibility index (Phi) is 3.98.